The Labute approximate surface area is 187 Å². The Morgan fingerprint density at radius 2 is 1.80 bits per heavy atom. The first-order chi connectivity index (χ1) is 14.3. The van der Waals surface area contributed by atoms with Crippen LogP contribution in [0.1, 0.15) is 37.1 Å². The van der Waals surface area contributed by atoms with E-state index in [9.17, 15) is 13.5 Å². The van der Waals surface area contributed by atoms with Crippen molar-refractivity contribution in [2.45, 2.75) is 50.5 Å². The van der Waals surface area contributed by atoms with Gasteiger partial charge in [0.25, 0.3) is 0 Å². The van der Waals surface area contributed by atoms with Crippen molar-refractivity contribution in [2.75, 3.05) is 12.9 Å². The van der Waals surface area contributed by atoms with Crippen LogP contribution in [0.5, 0.6) is 0 Å². The molecule has 0 aliphatic heterocycles. The molecular weight excluding hydrogens is 464 g/mol. The van der Waals surface area contributed by atoms with E-state index >= 15 is 0 Å². The molecule has 3 aromatic rings. The molecule has 1 aliphatic carbocycles. The van der Waals surface area contributed by atoms with Gasteiger partial charge in [-0.3, -0.25) is 0 Å². The van der Waals surface area contributed by atoms with Crippen molar-refractivity contribution >= 4 is 36.8 Å². The fourth-order valence-electron chi connectivity index (χ4n) is 3.92. The molecule has 0 bridgehead atoms. The molecule has 1 aliphatic rings. The number of imidazole rings is 1. The Balaban J connectivity index is 0.000000199. The highest BCUT2D eigenvalue weighted by Gasteiger charge is 2.19. The zero-order chi connectivity index (χ0) is 21.7. The van der Waals surface area contributed by atoms with Crippen LogP contribution in [0.3, 0.4) is 0 Å². The SMILES string of the molecule is Cc1ccc(S(C)(=O)=O)cc1.OCCn1c(CC2CCCC2)nc2cc(Br)ccc21. The standard InChI is InChI=1S/C15H19BrN2O.C8H10O2S/c16-12-5-6-14-13(10-12)17-15(18(14)7-8-19)9-11-3-1-2-4-11;1-7-3-5-8(6-4-7)11(2,9)10/h5-6,10-11,19H,1-4,7-9H2;3-6H,1-2H3. The molecule has 1 saturated carbocycles. The number of benzene rings is 2. The van der Waals surface area contributed by atoms with Gasteiger partial charge in [0.1, 0.15) is 5.82 Å². The first-order valence-corrected chi connectivity index (χ1v) is 13.0. The zero-order valence-electron chi connectivity index (χ0n) is 17.5. The predicted octanol–water partition coefficient (Wildman–Crippen LogP) is 4.92. The molecule has 0 saturated heterocycles. The summed E-state index contributed by atoms with van der Waals surface area (Å²) in [5.41, 5.74) is 3.22. The highest BCUT2D eigenvalue weighted by atomic mass is 79.9. The monoisotopic (exact) mass is 492 g/mol. The number of aromatic nitrogens is 2. The molecule has 0 amide bonds. The molecule has 1 heterocycles. The average molecular weight is 493 g/mol. The van der Waals surface area contributed by atoms with E-state index in [1.54, 1.807) is 24.3 Å². The molecule has 0 spiro atoms. The third-order valence-corrected chi connectivity index (χ3v) is 7.13. The summed E-state index contributed by atoms with van der Waals surface area (Å²) in [6, 6.07) is 13.0. The summed E-state index contributed by atoms with van der Waals surface area (Å²) in [5, 5.41) is 9.28. The second-order valence-electron chi connectivity index (χ2n) is 7.98. The first kappa shape index (κ1) is 23.0. The highest BCUT2D eigenvalue weighted by Crippen LogP contribution is 2.29. The number of hydrogen-bond acceptors (Lipinski definition) is 4. The molecule has 7 heteroatoms. The minimum atomic E-state index is -3.02. The summed E-state index contributed by atoms with van der Waals surface area (Å²) in [6.45, 7) is 2.73. The van der Waals surface area contributed by atoms with Gasteiger partial charge in [-0.25, -0.2) is 13.4 Å². The summed E-state index contributed by atoms with van der Waals surface area (Å²) < 4.78 is 25.1. The maximum atomic E-state index is 10.9. The fraction of sp³-hybridized carbons (Fsp3) is 0.435. The van der Waals surface area contributed by atoms with E-state index in [1.807, 2.05) is 13.0 Å². The summed E-state index contributed by atoms with van der Waals surface area (Å²) in [5.74, 6) is 1.91. The van der Waals surface area contributed by atoms with E-state index in [0.29, 0.717) is 11.4 Å². The van der Waals surface area contributed by atoms with Gasteiger partial charge in [0.2, 0.25) is 0 Å². The lowest BCUT2D eigenvalue weighted by Gasteiger charge is -2.11. The van der Waals surface area contributed by atoms with Crippen LogP contribution in [0.4, 0.5) is 0 Å². The Hall–Kier alpha value is -1.70. The van der Waals surface area contributed by atoms with E-state index in [2.05, 4.69) is 32.6 Å². The van der Waals surface area contributed by atoms with E-state index in [0.717, 1.165) is 39.2 Å². The van der Waals surface area contributed by atoms with Crippen LogP contribution < -0.4 is 0 Å². The highest BCUT2D eigenvalue weighted by molar-refractivity contribution is 9.10. The Kier molecular flexibility index (Phi) is 7.71. The quantitative estimate of drug-likeness (QED) is 0.548. The van der Waals surface area contributed by atoms with Crippen LogP contribution in [0.15, 0.2) is 51.8 Å². The molecule has 0 unspecified atom stereocenters. The third kappa shape index (κ3) is 5.93. The van der Waals surface area contributed by atoms with Crippen molar-refractivity contribution in [3.05, 3.63) is 58.3 Å². The van der Waals surface area contributed by atoms with Crippen LogP contribution in [-0.4, -0.2) is 35.9 Å². The van der Waals surface area contributed by atoms with Gasteiger partial charge in [0, 0.05) is 23.7 Å². The average Bonchev–Trinajstić information content (AvgIpc) is 3.31. The van der Waals surface area contributed by atoms with Crippen LogP contribution >= 0.6 is 15.9 Å². The van der Waals surface area contributed by atoms with E-state index in [-0.39, 0.29) is 6.61 Å². The molecule has 1 fully saturated rings. The Bertz CT molecular complexity index is 1090. The molecule has 1 aromatic heterocycles. The van der Waals surface area contributed by atoms with Crippen LogP contribution in [-0.2, 0) is 22.8 Å². The van der Waals surface area contributed by atoms with Gasteiger partial charge in [-0.05, 0) is 43.2 Å². The van der Waals surface area contributed by atoms with Gasteiger partial charge in [-0.1, -0.05) is 59.3 Å². The minimum Gasteiger partial charge on any atom is -0.395 e. The second kappa shape index (κ2) is 10.1. The molecule has 162 valence electrons. The van der Waals surface area contributed by atoms with Crippen LogP contribution in [0.25, 0.3) is 11.0 Å². The summed E-state index contributed by atoms with van der Waals surface area (Å²) in [7, 11) is -3.02. The Morgan fingerprint density at radius 1 is 1.13 bits per heavy atom. The lowest BCUT2D eigenvalue weighted by Crippen LogP contribution is -2.10. The van der Waals surface area contributed by atoms with Gasteiger partial charge in [-0.2, -0.15) is 0 Å². The number of aliphatic hydroxyl groups is 1. The van der Waals surface area contributed by atoms with Gasteiger partial charge in [0.05, 0.1) is 22.5 Å². The molecule has 0 radical (unpaired) electrons. The Morgan fingerprint density at radius 3 is 2.40 bits per heavy atom. The molecule has 5 nitrogen and oxygen atoms in total. The van der Waals surface area contributed by atoms with Crippen molar-refractivity contribution < 1.29 is 13.5 Å². The van der Waals surface area contributed by atoms with Crippen molar-refractivity contribution in [1.82, 2.24) is 9.55 Å². The largest absolute Gasteiger partial charge is 0.395 e. The molecule has 0 atom stereocenters. The molecule has 30 heavy (non-hydrogen) atoms. The normalized spacial score (nSPS) is 14.7. The summed E-state index contributed by atoms with van der Waals surface area (Å²) >= 11 is 3.49. The summed E-state index contributed by atoms with van der Waals surface area (Å²) in [4.78, 5) is 5.16. The van der Waals surface area contributed by atoms with Gasteiger partial charge >= 0.3 is 0 Å². The third-order valence-electron chi connectivity index (χ3n) is 5.51. The maximum absolute atomic E-state index is 10.9. The molecule has 1 N–H and O–H groups in total. The smallest absolute Gasteiger partial charge is 0.175 e. The zero-order valence-corrected chi connectivity index (χ0v) is 19.9. The number of sulfone groups is 1. The number of aryl methyl sites for hydroxylation is 1. The number of aliphatic hydroxyl groups excluding tert-OH is 1. The maximum Gasteiger partial charge on any atom is 0.175 e. The van der Waals surface area contributed by atoms with Gasteiger partial charge < -0.3 is 9.67 Å². The van der Waals surface area contributed by atoms with Crippen molar-refractivity contribution in [1.29, 1.82) is 0 Å². The lowest BCUT2D eigenvalue weighted by atomic mass is 10.0. The number of nitrogens with zero attached hydrogens (tertiary/aromatic N) is 2. The van der Waals surface area contributed by atoms with Crippen LogP contribution in [0, 0.1) is 12.8 Å². The van der Waals surface area contributed by atoms with Crippen molar-refractivity contribution in [2.24, 2.45) is 5.92 Å². The summed E-state index contributed by atoms with van der Waals surface area (Å²) in [6.07, 6.45) is 7.62. The number of hydrogen-bond donors (Lipinski definition) is 1. The topological polar surface area (TPSA) is 72.2 Å². The number of halogens is 1. The van der Waals surface area contributed by atoms with Crippen molar-refractivity contribution in [3.63, 3.8) is 0 Å². The number of rotatable bonds is 5. The van der Waals surface area contributed by atoms with Gasteiger partial charge in [0.15, 0.2) is 9.84 Å². The van der Waals surface area contributed by atoms with Crippen molar-refractivity contribution in [3.8, 4) is 0 Å². The van der Waals surface area contributed by atoms with Crippen LogP contribution in [0.2, 0.25) is 0 Å². The molecule has 2 aromatic carbocycles. The lowest BCUT2D eigenvalue weighted by molar-refractivity contribution is 0.275. The molecule has 4 rings (SSSR count). The van der Waals surface area contributed by atoms with E-state index in [4.69, 9.17) is 4.98 Å². The first-order valence-electron chi connectivity index (χ1n) is 10.3. The second-order valence-corrected chi connectivity index (χ2v) is 10.9. The predicted molar refractivity (Wildman–Crippen MR) is 124 cm³/mol. The van der Waals surface area contributed by atoms with Gasteiger partial charge in [-0.15, -0.1) is 0 Å². The fourth-order valence-corrected chi connectivity index (χ4v) is 4.90. The minimum absolute atomic E-state index is 0.166. The van der Waals surface area contributed by atoms with E-state index in [1.165, 1.54) is 31.9 Å². The van der Waals surface area contributed by atoms with E-state index < -0.39 is 9.84 Å². The molecular formula is C23H29BrN2O3S. The number of fused-ring (bicyclic) bond motifs is 1.